The number of nitrogens with zero attached hydrogens (tertiary/aromatic N) is 3. The predicted octanol–water partition coefficient (Wildman–Crippen LogP) is 1.54. The van der Waals surface area contributed by atoms with Crippen LogP contribution in [0.1, 0.15) is 11.4 Å². The highest BCUT2D eigenvalue weighted by Crippen LogP contribution is 2.13. The van der Waals surface area contributed by atoms with Gasteiger partial charge >= 0.3 is 0 Å². The van der Waals surface area contributed by atoms with Crippen LogP contribution >= 0.6 is 0 Å². The van der Waals surface area contributed by atoms with Crippen molar-refractivity contribution in [3.8, 4) is 6.07 Å². The van der Waals surface area contributed by atoms with Gasteiger partial charge in [0.1, 0.15) is 5.82 Å². The van der Waals surface area contributed by atoms with Crippen LogP contribution in [0.5, 0.6) is 0 Å². The second-order valence-corrected chi connectivity index (χ2v) is 4.08. The van der Waals surface area contributed by atoms with E-state index in [1.54, 1.807) is 6.07 Å². The first kappa shape index (κ1) is 10.7. The van der Waals surface area contributed by atoms with Gasteiger partial charge in [0.2, 0.25) is 0 Å². The van der Waals surface area contributed by atoms with E-state index in [0.29, 0.717) is 5.56 Å². The molecule has 0 spiro atoms. The summed E-state index contributed by atoms with van der Waals surface area (Å²) < 4.78 is 0. The van der Waals surface area contributed by atoms with Crippen LogP contribution in [0.2, 0.25) is 0 Å². The molecule has 1 aromatic carbocycles. The Balaban J connectivity index is 2.26. The second-order valence-electron chi connectivity index (χ2n) is 4.08. The number of nitriles is 1. The number of rotatable bonds is 3. The molecule has 0 bridgehead atoms. The summed E-state index contributed by atoms with van der Waals surface area (Å²) in [5.74, 6) is 0.971. The molecule has 0 saturated carbocycles. The zero-order valence-corrected chi connectivity index (χ0v) is 9.49. The maximum Gasteiger partial charge on any atom is 0.108 e. The highest BCUT2D eigenvalue weighted by atomic mass is 15.1. The summed E-state index contributed by atoms with van der Waals surface area (Å²) in [6, 6.07) is 7.63. The van der Waals surface area contributed by atoms with E-state index in [9.17, 15) is 0 Å². The molecule has 16 heavy (non-hydrogen) atoms. The highest BCUT2D eigenvalue weighted by molar-refractivity contribution is 5.76. The van der Waals surface area contributed by atoms with E-state index in [4.69, 9.17) is 5.26 Å². The second kappa shape index (κ2) is 4.33. The third-order valence-corrected chi connectivity index (χ3v) is 2.46. The number of hydrogen-bond acceptors (Lipinski definition) is 3. The Morgan fingerprint density at radius 2 is 2.25 bits per heavy atom. The van der Waals surface area contributed by atoms with Crippen LogP contribution in [0.25, 0.3) is 11.0 Å². The largest absolute Gasteiger partial charge is 0.342 e. The van der Waals surface area contributed by atoms with Gasteiger partial charge in [-0.3, -0.25) is 0 Å². The van der Waals surface area contributed by atoms with E-state index in [0.717, 1.165) is 29.8 Å². The maximum absolute atomic E-state index is 8.79. The normalized spacial score (nSPS) is 10.9. The Kier molecular flexibility index (Phi) is 2.88. The van der Waals surface area contributed by atoms with E-state index in [-0.39, 0.29) is 0 Å². The van der Waals surface area contributed by atoms with E-state index < -0.39 is 0 Å². The number of H-pyrrole nitrogens is 1. The fraction of sp³-hybridized carbons (Fsp3) is 0.333. The quantitative estimate of drug-likeness (QED) is 0.843. The molecule has 0 aliphatic heterocycles. The molecule has 0 fully saturated rings. The number of imidazole rings is 1. The van der Waals surface area contributed by atoms with Crippen LogP contribution in [0.4, 0.5) is 0 Å². The summed E-state index contributed by atoms with van der Waals surface area (Å²) in [6.45, 7) is 0.963. The van der Waals surface area contributed by atoms with Crippen LogP contribution < -0.4 is 0 Å². The SMILES string of the molecule is CN(C)CCc1nc2ccc(C#N)cc2[nH]1. The third kappa shape index (κ3) is 2.20. The molecule has 1 aromatic heterocycles. The molecule has 82 valence electrons. The molecule has 1 N–H and O–H groups in total. The maximum atomic E-state index is 8.79. The predicted molar refractivity (Wildman–Crippen MR) is 63.1 cm³/mol. The molecule has 4 heteroatoms. The van der Waals surface area contributed by atoms with E-state index in [1.807, 2.05) is 26.2 Å². The first-order valence-electron chi connectivity index (χ1n) is 5.22. The van der Waals surface area contributed by atoms with Crippen molar-refractivity contribution < 1.29 is 0 Å². The van der Waals surface area contributed by atoms with Gasteiger partial charge in [0.05, 0.1) is 22.7 Å². The Labute approximate surface area is 94.5 Å². The van der Waals surface area contributed by atoms with Crippen LogP contribution in [-0.2, 0) is 6.42 Å². The van der Waals surface area contributed by atoms with Crippen molar-refractivity contribution in [1.29, 1.82) is 5.26 Å². The van der Waals surface area contributed by atoms with Crippen molar-refractivity contribution in [1.82, 2.24) is 14.9 Å². The molecule has 0 aliphatic carbocycles. The van der Waals surface area contributed by atoms with Crippen molar-refractivity contribution >= 4 is 11.0 Å². The van der Waals surface area contributed by atoms with E-state index in [2.05, 4.69) is 20.9 Å². The zero-order valence-electron chi connectivity index (χ0n) is 9.49. The van der Waals surface area contributed by atoms with Gasteiger partial charge in [-0.1, -0.05) is 0 Å². The van der Waals surface area contributed by atoms with E-state index in [1.165, 1.54) is 0 Å². The minimum Gasteiger partial charge on any atom is -0.342 e. The molecule has 0 atom stereocenters. The average Bonchev–Trinajstić information content (AvgIpc) is 2.67. The summed E-state index contributed by atoms with van der Waals surface area (Å²) in [6.07, 6.45) is 0.892. The average molecular weight is 214 g/mol. The van der Waals surface area contributed by atoms with Gasteiger partial charge in [0.25, 0.3) is 0 Å². The van der Waals surface area contributed by atoms with Gasteiger partial charge in [-0.05, 0) is 32.3 Å². The van der Waals surface area contributed by atoms with Gasteiger partial charge in [0, 0.05) is 13.0 Å². The summed E-state index contributed by atoms with van der Waals surface area (Å²) in [5.41, 5.74) is 2.52. The molecule has 2 rings (SSSR count). The van der Waals surface area contributed by atoms with Gasteiger partial charge in [-0.2, -0.15) is 5.26 Å². The molecule has 0 radical (unpaired) electrons. The van der Waals surface area contributed by atoms with Crippen molar-refractivity contribution in [3.05, 3.63) is 29.6 Å². The molecule has 0 amide bonds. The van der Waals surface area contributed by atoms with Crippen molar-refractivity contribution in [3.63, 3.8) is 0 Å². The van der Waals surface area contributed by atoms with Crippen molar-refractivity contribution in [2.45, 2.75) is 6.42 Å². The van der Waals surface area contributed by atoms with Gasteiger partial charge in [-0.25, -0.2) is 4.98 Å². The van der Waals surface area contributed by atoms with Crippen molar-refractivity contribution in [2.75, 3.05) is 20.6 Å². The number of likely N-dealkylation sites (N-methyl/N-ethyl adjacent to an activating group) is 1. The van der Waals surface area contributed by atoms with Crippen molar-refractivity contribution in [2.24, 2.45) is 0 Å². The van der Waals surface area contributed by atoms with Gasteiger partial charge < -0.3 is 9.88 Å². The molecule has 4 nitrogen and oxygen atoms in total. The zero-order chi connectivity index (χ0) is 11.5. The van der Waals surface area contributed by atoms with Crippen LogP contribution in [0.3, 0.4) is 0 Å². The highest BCUT2D eigenvalue weighted by Gasteiger charge is 2.03. The van der Waals surface area contributed by atoms with Gasteiger partial charge in [-0.15, -0.1) is 0 Å². The lowest BCUT2D eigenvalue weighted by Crippen LogP contribution is -2.15. The lowest BCUT2D eigenvalue weighted by atomic mass is 10.2. The molecule has 0 aliphatic rings. The minimum atomic E-state index is 0.662. The number of nitrogens with one attached hydrogen (secondary N) is 1. The molecular weight excluding hydrogens is 200 g/mol. The molecule has 1 heterocycles. The lowest BCUT2D eigenvalue weighted by Gasteiger charge is -2.06. The lowest BCUT2D eigenvalue weighted by molar-refractivity contribution is 0.410. The van der Waals surface area contributed by atoms with Crippen LogP contribution in [-0.4, -0.2) is 35.5 Å². The van der Waals surface area contributed by atoms with Crippen LogP contribution in [0, 0.1) is 11.3 Å². The number of aromatic amines is 1. The molecule has 2 aromatic rings. The summed E-state index contributed by atoms with van der Waals surface area (Å²) in [7, 11) is 4.08. The monoisotopic (exact) mass is 214 g/mol. The van der Waals surface area contributed by atoms with Gasteiger partial charge in [0.15, 0.2) is 0 Å². The molecular formula is C12H14N4. The fourth-order valence-electron chi connectivity index (χ4n) is 1.58. The summed E-state index contributed by atoms with van der Waals surface area (Å²) in [4.78, 5) is 9.82. The summed E-state index contributed by atoms with van der Waals surface area (Å²) >= 11 is 0. The number of benzene rings is 1. The fourth-order valence-corrected chi connectivity index (χ4v) is 1.58. The molecule has 0 saturated heterocycles. The van der Waals surface area contributed by atoms with Crippen LogP contribution in [0.15, 0.2) is 18.2 Å². The Morgan fingerprint density at radius 1 is 1.44 bits per heavy atom. The molecule has 0 unspecified atom stereocenters. The Bertz CT molecular complexity index is 533. The number of aromatic nitrogens is 2. The standard InChI is InChI=1S/C12H14N4/c1-16(2)6-5-12-14-10-4-3-9(8-13)7-11(10)15-12/h3-4,7H,5-6H2,1-2H3,(H,14,15). The number of fused-ring (bicyclic) bond motifs is 1. The Hall–Kier alpha value is -1.86. The first-order valence-corrected chi connectivity index (χ1v) is 5.22. The topological polar surface area (TPSA) is 55.7 Å². The third-order valence-electron chi connectivity index (χ3n) is 2.46. The Morgan fingerprint density at radius 3 is 2.94 bits per heavy atom. The summed E-state index contributed by atoms with van der Waals surface area (Å²) in [5, 5.41) is 8.79. The first-order chi connectivity index (χ1) is 7.69. The smallest absolute Gasteiger partial charge is 0.108 e. The minimum absolute atomic E-state index is 0.662. The number of hydrogen-bond donors (Lipinski definition) is 1. The van der Waals surface area contributed by atoms with E-state index >= 15 is 0 Å².